The van der Waals surface area contributed by atoms with Crippen molar-refractivity contribution in [1.82, 2.24) is 4.81 Å². The van der Waals surface area contributed by atoms with Crippen molar-refractivity contribution in [3.05, 3.63) is 0 Å². The predicted octanol–water partition coefficient (Wildman–Crippen LogP) is 1.72. The molecule has 1 saturated heterocycles. The van der Waals surface area contributed by atoms with E-state index in [-0.39, 0.29) is 0 Å². The lowest BCUT2D eigenvalue weighted by molar-refractivity contribution is 0.590. The highest BCUT2D eigenvalue weighted by molar-refractivity contribution is 6.55. The maximum absolute atomic E-state index is 2.36. The first-order valence-electron chi connectivity index (χ1n) is 3.97. The Hall–Kier alpha value is 0.0249. The predicted molar refractivity (Wildman–Crippen MR) is 42.9 cm³/mol. The highest BCUT2D eigenvalue weighted by Gasteiger charge is 2.18. The second-order valence-corrected chi connectivity index (χ2v) is 3.26. The molecule has 1 aliphatic rings. The number of hydrogen-bond donors (Lipinski definition) is 0. The molecule has 1 rings (SSSR count). The van der Waals surface area contributed by atoms with Crippen LogP contribution in [0.25, 0.3) is 0 Å². The second-order valence-electron chi connectivity index (χ2n) is 3.26. The fourth-order valence-electron chi connectivity index (χ4n) is 1.60. The van der Waals surface area contributed by atoms with Crippen LogP contribution in [0.4, 0.5) is 0 Å². The molecule has 0 aromatic heterocycles. The fraction of sp³-hybridized carbons (Fsp3) is 1.00. The van der Waals surface area contributed by atoms with Gasteiger partial charge in [-0.05, 0) is 14.1 Å². The SMILES string of the molecule is CN(C)B1CCCCC1. The lowest BCUT2D eigenvalue weighted by Gasteiger charge is -2.24. The van der Waals surface area contributed by atoms with Gasteiger partial charge in [-0.2, -0.15) is 0 Å². The highest BCUT2D eigenvalue weighted by atomic mass is 15.0. The standard InChI is InChI=1S/C7H16BN/c1-9(2)8-6-4-3-5-7-8/h3-7H2,1-2H3. The van der Waals surface area contributed by atoms with Crippen LogP contribution in [-0.4, -0.2) is 25.8 Å². The van der Waals surface area contributed by atoms with Crippen molar-refractivity contribution in [3.63, 3.8) is 0 Å². The Kier molecular flexibility index (Phi) is 2.58. The first-order chi connectivity index (χ1) is 4.30. The molecule has 0 radical (unpaired) electrons. The molecule has 0 unspecified atom stereocenters. The summed E-state index contributed by atoms with van der Waals surface area (Å²) in [5.74, 6) is 0. The quantitative estimate of drug-likeness (QED) is 0.482. The van der Waals surface area contributed by atoms with Crippen molar-refractivity contribution in [2.45, 2.75) is 31.9 Å². The summed E-state index contributed by atoms with van der Waals surface area (Å²) < 4.78 is 0. The summed E-state index contributed by atoms with van der Waals surface area (Å²) in [4.78, 5) is 2.36. The molecule has 0 aliphatic carbocycles. The van der Waals surface area contributed by atoms with Crippen molar-refractivity contribution in [3.8, 4) is 0 Å². The third-order valence-electron chi connectivity index (χ3n) is 2.30. The van der Waals surface area contributed by atoms with Crippen molar-refractivity contribution in [2.24, 2.45) is 0 Å². The second kappa shape index (κ2) is 3.26. The molecule has 0 saturated carbocycles. The zero-order valence-electron chi connectivity index (χ0n) is 6.56. The molecule has 9 heavy (non-hydrogen) atoms. The zero-order valence-corrected chi connectivity index (χ0v) is 6.56. The van der Waals surface area contributed by atoms with Gasteiger partial charge in [0.05, 0.1) is 0 Å². The van der Waals surface area contributed by atoms with Gasteiger partial charge in [0, 0.05) is 0 Å². The minimum Gasteiger partial charge on any atom is -0.347 e. The highest BCUT2D eigenvalue weighted by Crippen LogP contribution is 2.19. The maximum Gasteiger partial charge on any atom is 0.222 e. The van der Waals surface area contributed by atoms with Gasteiger partial charge in [0.1, 0.15) is 0 Å². The maximum atomic E-state index is 2.36. The van der Waals surface area contributed by atoms with Gasteiger partial charge >= 0.3 is 0 Å². The Labute approximate surface area is 58.5 Å². The molecule has 1 heterocycles. The number of rotatable bonds is 1. The van der Waals surface area contributed by atoms with Crippen LogP contribution in [0, 0.1) is 0 Å². The molecule has 1 aliphatic heterocycles. The van der Waals surface area contributed by atoms with Gasteiger partial charge in [0.15, 0.2) is 0 Å². The lowest BCUT2D eigenvalue weighted by atomic mass is 9.50. The van der Waals surface area contributed by atoms with Crippen LogP contribution in [0.2, 0.25) is 12.6 Å². The van der Waals surface area contributed by atoms with Crippen molar-refractivity contribution in [1.29, 1.82) is 0 Å². The van der Waals surface area contributed by atoms with E-state index in [2.05, 4.69) is 18.9 Å². The van der Waals surface area contributed by atoms with Crippen molar-refractivity contribution < 1.29 is 0 Å². The van der Waals surface area contributed by atoms with E-state index in [0.29, 0.717) is 0 Å². The molecule has 0 bridgehead atoms. The smallest absolute Gasteiger partial charge is 0.222 e. The molecule has 0 aromatic carbocycles. The molecule has 0 amide bonds. The van der Waals surface area contributed by atoms with E-state index < -0.39 is 0 Å². The molecule has 0 aromatic rings. The Balaban J connectivity index is 2.23. The number of hydrogen-bond acceptors (Lipinski definition) is 1. The van der Waals surface area contributed by atoms with Crippen LogP contribution in [0.5, 0.6) is 0 Å². The first-order valence-corrected chi connectivity index (χ1v) is 3.97. The van der Waals surface area contributed by atoms with Crippen LogP contribution in [-0.2, 0) is 0 Å². The molecule has 2 heteroatoms. The summed E-state index contributed by atoms with van der Waals surface area (Å²) in [7, 11) is 4.38. The zero-order chi connectivity index (χ0) is 6.69. The number of nitrogens with zero attached hydrogens (tertiary/aromatic N) is 1. The molecular formula is C7H16BN. The summed E-state index contributed by atoms with van der Waals surface area (Å²) in [5, 5.41) is 0. The topological polar surface area (TPSA) is 3.24 Å². The van der Waals surface area contributed by atoms with E-state index in [1.54, 1.807) is 0 Å². The van der Waals surface area contributed by atoms with Crippen molar-refractivity contribution in [2.75, 3.05) is 14.1 Å². The summed E-state index contributed by atoms with van der Waals surface area (Å²) in [6.45, 7) is 0.888. The van der Waals surface area contributed by atoms with Crippen LogP contribution >= 0.6 is 0 Å². The Morgan fingerprint density at radius 3 is 1.89 bits per heavy atom. The van der Waals surface area contributed by atoms with Gasteiger partial charge in [-0.3, -0.25) is 0 Å². The summed E-state index contributed by atoms with van der Waals surface area (Å²) in [6, 6.07) is 0. The first kappa shape index (κ1) is 7.14. The fourth-order valence-corrected chi connectivity index (χ4v) is 1.60. The van der Waals surface area contributed by atoms with E-state index in [4.69, 9.17) is 0 Å². The molecule has 52 valence electrons. The lowest BCUT2D eigenvalue weighted by Crippen LogP contribution is -2.33. The largest absolute Gasteiger partial charge is 0.347 e. The van der Waals surface area contributed by atoms with Crippen molar-refractivity contribution >= 4 is 6.85 Å². The van der Waals surface area contributed by atoms with E-state index in [1.165, 1.54) is 31.9 Å². The Morgan fingerprint density at radius 1 is 1.00 bits per heavy atom. The third-order valence-corrected chi connectivity index (χ3v) is 2.30. The molecule has 0 spiro atoms. The molecule has 0 atom stereocenters. The average Bonchev–Trinajstić information content (AvgIpc) is 1.90. The minimum absolute atomic E-state index is 0.888. The van der Waals surface area contributed by atoms with E-state index in [9.17, 15) is 0 Å². The molecule has 1 nitrogen and oxygen atoms in total. The van der Waals surface area contributed by atoms with Gasteiger partial charge in [0.25, 0.3) is 0 Å². The Morgan fingerprint density at radius 2 is 1.56 bits per heavy atom. The van der Waals surface area contributed by atoms with Gasteiger partial charge in [-0.15, -0.1) is 0 Å². The average molecular weight is 125 g/mol. The van der Waals surface area contributed by atoms with Crippen LogP contribution in [0.15, 0.2) is 0 Å². The van der Waals surface area contributed by atoms with Gasteiger partial charge in [-0.1, -0.05) is 31.9 Å². The van der Waals surface area contributed by atoms with Crippen LogP contribution in [0.1, 0.15) is 19.3 Å². The van der Waals surface area contributed by atoms with Crippen LogP contribution < -0.4 is 0 Å². The van der Waals surface area contributed by atoms with Gasteiger partial charge in [-0.25, -0.2) is 0 Å². The van der Waals surface area contributed by atoms with Gasteiger partial charge in [0.2, 0.25) is 6.85 Å². The molecular weight excluding hydrogens is 109 g/mol. The summed E-state index contributed by atoms with van der Waals surface area (Å²) in [6.07, 6.45) is 7.20. The summed E-state index contributed by atoms with van der Waals surface area (Å²) >= 11 is 0. The van der Waals surface area contributed by atoms with E-state index in [1.807, 2.05) is 0 Å². The third kappa shape index (κ3) is 2.01. The monoisotopic (exact) mass is 125 g/mol. The van der Waals surface area contributed by atoms with E-state index in [0.717, 1.165) is 6.85 Å². The normalized spacial score (nSPS) is 21.0. The van der Waals surface area contributed by atoms with Gasteiger partial charge < -0.3 is 4.81 Å². The van der Waals surface area contributed by atoms with E-state index >= 15 is 0 Å². The Bertz CT molecular complexity index is 77.0. The minimum atomic E-state index is 0.888. The molecule has 1 fully saturated rings. The summed E-state index contributed by atoms with van der Waals surface area (Å²) in [5.41, 5.74) is 0. The van der Waals surface area contributed by atoms with Crippen LogP contribution in [0.3, 0.4) is 0 Å². The molecule has 0 N–H and O–H groups in total.